The standard InChI is InChI=1S/C16H24O3/c1-4-5-6-7-8-11(2)14-12(3)9-10-13(15(14)17)16(18)19/h9-11,17H,4-8H2,1-3H3,(H,18,19). The molecule has 19 heavy (non-hydrogen) atoms. The second-order valence-electron chi connectivity index (χ2n) is 5.25. The van der Waals surface area contributed by atoms with Gasteiger partial charge in [-0.2, -0.15) is 0 Å². The maximum Gasteiger partial charge on any atom is 0.339 e. The van der Waals surface area contributed by atoms with Crippen molar-refractivity contribution in [1.29, 1.82) is 0 Å². The lowest BCUT2D eigenvalue weighted by Gasteiger charge is -2.17. The molecular weight excluding hydrogens is 240 g/mol. The van der Waals surface area contributed by atoms with Gasteiger partial charge in [0.15, 0.2) is 0 Å². The average Bonchev–Trinajstić information content (AvgIpc) is 2.34. The van der Waals surface area contributed by atoms with Crippen LogP contribution in [0.15, 0.2) is 12.1 Å². The summed E-state index contributed by atoms with van der Waals surface area (Å²) in [6, 6.07) is 3.25. The maximum absolute atomic E-state index is 11.0. The molecule has 1 atom stereocenters. The molecule has 0 saturated carbocycles. The van der Waals surface area contributed by atoms with Gasteiger partial charge in [0, 0.05) is 5.56 Å². The molecule has 0 bridgehead atoms. The van der Waals surface area contributed by atoms with Crippen LogP contribution in [-0.4, -0.2) is 16.2 Å². The minimum atomic E-state index is -1.07. The molecule has 106 valence electrons. The van der Waals surface area contributed by atoms with Gasteiger partial charge in [-0.1, -0.05) is 45.6 Å². The van der Waals surface area contributed by atoms with E-state index >= 15 is 0 Å². The van der Waals surface area contributed by atoms with Gasteiger partial charge in [0.25, 0.3) is 0 Å². The van der Waals surface area contributed by atoms with Gasteiger partial charge in [0.1, 0.15) is 11.3 Å². The Labute approximate surface area is 115 Å². The number of phenols is 1. The first-order valence-electron chi connectivity index (χ1n) is 7.04. The summed E-state index contributed by atoms with van der Waals surface area (Å²) in [5.41, 5.74) is 1.75. The minimum absolute atomic E-state index is 0.000934. The van der Waals surface area contributed by atoms with Crippen molar-refractivity contribution in [3.63, 3.8) is 0 Å². The molecule has 0 saturated heterocycles. The van der Waals surface area contributed by atoms with E-state index in [4.69, 9.17) is 5.11 Å². The quantitative estimate of drug-likeness (QED) is 0.714. The van der Waals surface area contributed by atoms with E-state index in [9.17, 15) is 9.90 Å². The van der Waals surface area contributed by atoms with E-state index in [0.717, 1.165) is 24.0 Å². The highest BCUT2D eigenvalue weighted by atomic mass is 16.4. The zero-order chi connectivity index (χ0) is 14.4. The molecule has 3 heteroatoms. The third-order valence-corrected chi connectivity index (χ3v) is 3.65. The fourth-order valence-corrected chi connectivity index (χ4v) is 2.53. The number of aromatic hydroxyl groups is 1. The molecule has 0 aliphatic rings. The van der Waals surface area contributed by atoms with Gasteiger partial charge >= 0.3 is 5.97 Å². The molecule has 0 radical (unpaired) electrons. The van der Waals surface area contributed by atoms with Crippen molar-refractivity contribution in [3.8, 4) is 5.75 Å². The van der Waals surface area contributed by atoms with Crippen LogP contribution in [0.1, 0.15) is 73.4 Å². The number of unbranched alkanes of at least 4 members (excludes halogenated alkanes) is 3. The predicted octanol–water partition coefficient (Wildman–Crippen LogP) is 4.47. The highest BCUT2D eigenvalue weighted by Gasteiger charge is 2.19. The summed E-state index contributed by atoms with van der Waals surface area (Å²) in [5.74, 6) is -0.941. The van der Waals surface area contributed by atoms with Crippen LogP contribution in [0, 0.1) is 6.92 Å². The Kier molecular flexibility index (Phi) is 5.87. The summed E-state index contributed by atoms with van der Waals surface area (Å²) in [5, 5.41) is 19.2. The first-order chi connectivity index (χ1) is 8.99. The average molecular weight is 264 g/mol. The molecule has 2 N–H and O–H groups in total. The number of carboxylic acid groups (broad SMARTS) is 1. The molecule has 1 aromatic rings. The summed E-state index contributed by atoms with van der Waals surface area (Å²) in [6.07, 6.45) is 5.72. The van der Waals surface area contributed by atoms with E-state index < -0.39 is 5.97 Å². The van der Waals surface area contributed by atoms with Crippen LogP contribution in [0.5, 0.6) is 5.75 Å². The summed E-state index contributed by atoms with van der Waals surface area (Å²) >= 11 is 0. The van der Waals surface area contributed by atoms with E-state index in [1.807, 2.05) is 6.92 Å². The highest BCUT2D eigenvalue weighted by Crippen LogP contribution is 2.35. The minimum Gasteiger partial charge on any atom is -0.507 e. The van der Waals surface area contributed by atoms with Crippen molar-refractivity contribution in [2.24, 2.45) is 0 Å². The van der Waals surface area contributed by atoms with Gasteiger partial charge in [-0.25, -0.2) is 4.79 Å². The second kappa shape index (κ2) is 7.17. The lowest BCUT2D eigenvalue weighted by molar-refractivity contribution is 0.0693. The van der Waals surface area contributed by atoms with E-state index in [1.54, 1.807) is 6.07 Å². The molecule has 0 aliphatic carbocycles. The van der Waals surface area contributed by atoms with Crippen LogP contribution in [0.3, 0.4) is 0 Å². The smallest absolute Gasteiger partial charge is 0.339 e. The third kappa shape index (κ3) is 3.98. The molecule has 0 heterocycles. The van der Waals surface area contributed by atoms with Crippen LogP contribution < -0.4 is 0 Å². The van der Waals surface area contributed by atoms with Crippen molar-refractivity contribution in [1.82, 2.24) is 0 Å². The van der Waals surface area contributed by atoms with Crippen molar-refractivity contribution in [3.05, 3.63) is 28.8 Å². The van der Waals surface area contributed by atoms with Gasteiger partial charge in [0.2, 0.25) is 0 Å². The van der Waals surface area contributed by atoms with Gasteiger partial charge in [0.05, 0.1) is 0 Å². The Hall–Kier alpha value is -1.51. The molecule has 0 fully saturated rings. The van der Waals surface area contributed by atoms with E-state index in [2.05, 4.69) is 13.8 Å². The van der Waals surface area contributed by atoms with E-state index in [0.29, 0.717) is 0 Å². The Morgan fingerprint density at radius 1 is 1.26 bits per heavy atom. The fourth-order valence-electron chi connectivity index (χ4n) is 2.53. The number of hydrogen-bond donors (Lipinski definition) is 2. The monoisotopic (exact) mass is 264 g/mol. The molecular formula is C16H24O3. The van der Waals surface area contributed by atoms with Crippen molar-refractivity contribution < 1.29 is 15.0 Å². The molecule has 1 aromatic carbocycles. The first-order valence-corrected chi connectivity index (χ1v) is 7.04. The highest BCUT2D eigenvalue weighted by molar-refractivity contribution is 5.91. The number of rotatable bonds is 7. The van der Waals surface area contributed by atoms with Crippen LogP contribution in [0.2, 0.25) is 0 Å². The molecule has 0 amide bonds. The van der Waals surface area contributed by atoms with E-state index in [-0.39, 0.29) is 17.2 Å². The number of aryl methyl sites for hydroxylation is 1. The number of aromatic carboxylic acids is 1. The molecule has 0 aliphatic heterocycles. The van der Waals surface area contributed by atoms with Gasteiger partial charge in [-0.15, -0.1) is 0 Å². The SMILES string of the molecule is CCCCCCC(C)c1c(C)ccc(C(=O)O)c1O. The van der Waals surface area contributed by atoms with Gasteiger partial charge in [-0.05, 0) is 30.9 Å². The van der Waals surface area contributed by atoms with Crippen molar-refractivity contribution >= 4 is 5.97 Å². The first kappa shape index (κ1) is 15.5. The van der Waals surface area contributed by atoms with Crippen molar-refractivity contribution in [2.45, 2.75) is 58.8 Å². The summed E-state index contributed by atoms with van der Waals surface area (Å²) in [6.45, 7) is 6.15. The Morgan fingerprint density at radius 2 is 1.95 bits per heavy atom. The van der Waals surface area contributed by atoms with E-state index in [1.165, 1.54) is 25.3 Å². The Morgan fingerprint density at radius 3 is 2.53 bits per heavy atom. The third-order valence-electron chi connectivity index (χ3n) is 3.65. The van der Waals surface area contributed by atoms with Crippen molar-refractivity contribution in [2.75, 3.05) is 0 Å². The molecule has 0 aromatic heterocycles. The second-order valence-corrected chi connectivity index (χ2v) is 5.25. The normalized spacial score (nSPS) is 12.4. The summed E-state index contributed by atoms with van der Waals surface area (Å²) in [7, 11) is 0. The Bertz CT molecular complexity index is 438. The lowest BCUT2D eigenvalue weighted by atomic mass is 9.89. The van der Waals surface area contributed by atoms with Gasteiger partial charge < -0.3 is 10.2 Å². The topological polar surface area (TPSA) is 57.5 Å². The molecule has 3 nitrogen and oxygen atoms in total. The Balaban J connectivity index is 2.86. The molecule has 0 spiro atoms. The number of carboxylic acids is 1. The molecule has 1 unspecified atom stereocenters. The van der Waals surface area contributed by atoms with Crippen LogP contribution in [0.4, 0.5) is 0 Å². The summed E-state index contributed by atoms with van der Waals surface area (Å²) < 4.78 is 0. The maximum atomic E-state index is 11.0. The van der Waals surface area contributed by atoms with Crippen LogP contribution in [-0.2, 0) is 0 Å². The van der Waals surface area contributed by atoms with Gasteiger partial charge in [-0.3, -0.25) is 0 Å². The summed E-state index contributed by atoms with van der Waals surface area (Å²) in [4.78, 5) is 11.0. The zero-order valence-electron chi connectivity index (χ0n) is 12.1. The fraction of sp³-hybridized carbons (Fsp3) is 0.562. The predicted molar refractivity (Wildman–Crippen MR) is 77.0 cm³/mol. The lowest BCUT2D eigenvalue weighted by Crippen LogP contribution is -2.04. The largest absolute Gasteiger partial charge is 0.507 e. The van der Waals surface area contributed by atoms with Crippen LogP contribution in [0.25, 0.3) is 0 Å². The van der Waals surface area contributed by atoms with Crippen LogP contribution >= 0.6 is 0 Å². The number of benzene rings is 1. The number of carbonyl (C=O) groups is 1. The zero-order valence-corrected chi connectivity index (χ0v) is 12.1. The molecule has 1 rings (SSSR count). The number of hydrogen-bond acceptors (Lipinski definition) is 2.